The van der Waals surface area contributed by atoms with E-state index < -0.39 is 16.3 Å². The molecule has 0 saturated heterocycles. The quantitative estimate of drug-likeness (QED) is 0.578. The van der Waals surface area contributed by atoms with E-state index in [9.17, 15) is 13.7 Å². The Hall–Kier alpha value is -1.77. The molecule has 0 radical (unpaired) electrons. The van der Waals surface area contributed by atoms with Crippen LogP contribution in [0, 0.1) is 11.0 Å². The van der Waals surface area contributed by atoms with Gasteiger partial charge in [-0.3, -0.25) is 10.1 Å². The largest absolute Gasteiger partial charge is 0.610 e. The van der Waals surface area contributed by atoms with Crippen LogP contribution in [0.3, 0.4) is 0 Å². The van der Waals surface area contributed by atoms with Gasteiger partial charge in [0.25, 0.3) is 5.91 Å². The molecule has 1 amide bonds. The minimum Gasteiger partial charge on any atom is -0.610 e. The Bertz CT molecular complexity index is 843. The number of allylic oxidation sites excluding steroid dienone is 1. The van der Waals surface area contributed by atoms with Gasteiger partial charge in [0, 0.05) is 47.4 Å². The molecule has 142 valence electrons. The number of halogens is 1. The average Bonchev–Trinajstić information content (AvgIpc) is 3.24. The summed E-state index contributed by atoms with van der Waals surface area (Å²) in [7, 11) is 0. The fourth-order valence-corrected chi connectivity index (χ4v) is 5.05. The van der Waals surface area contributed by atoms with Crippen molar-refractivity contribution in [1.82, 2.24) is 9.97 Å². The molecule has 27 heavy (non-hydrogen) atoms. The molecule has 1 unspecified atom stereocenters. The third kappa shape index (κ3) is 4.56. The number of rotatable bonds is 6. The zero-order valence-corrected chi connectivity index (χ0v) is 16.3. The number of hydrogen-bond acceptors (Lipinski definition) is 5. The highest BCUT2D eigenvalue weighted by atomic mass is 32.2. The summed E-state index contributed by atoms with van der Waals surface area (Å²) in [6.07, 6.45) is 11.1. The predicted molar refractivity (Wildman–Crippen MR) is 104 cm³/mol. The molecule has 0 bridgehead atoms. The Morgan fingerprint density at radius 1 is 1.22 bits per heavy atom. The highest BCUT2D eigenvalue weighted by molar-refractivity contribution is 7.92. The molecule has 4 rings (SSSR count). The van der Waals surface area contributed by atoms with E-state index in [1.807, 2.05) is 6.08 Å². The van der Waals surface area contributed by atoms with E-state index in [1.54, 1.807) is 18.3 Å². The second-order valence-electron chi connectivity index (χ2n) is 6.93. The number of hydrogen-bond donors (Lipinski definition) is 1. The lowest BCUT2D eigenvalue weighted by molar-refractivity contribution is -0.111. The third-order valence-corrected chi connectivity index (χ3v) is 7.26. The molecule has 8 heteroatoms. The van der Waals surface area contributed by atoms with E-state index in [2.05, 4.69) is 15.3 Å². The number of aromatic nitrogens is 2. The van der Waals surface area contributed by atoms with Crippen LogP contribution in [0.25, 0.3) is 5.57 Å². The molecule has 2 aromatic rings. The summed E-state index contributed by atoms with van der Waals surface area (Å²) in [5.41, 5.74) is 1.18. The topological polar surface area (TPSA) is 77.9 Å². The molecule has 2 fully saturated rings. The van der Waals surface area contributed by atoms with Crippen LogP contribution in [0.1, 0.15) is 44.1 Å². The first-order chi connectivity index (χ1) is 13.1. The molecule has 2 aliphatic carbocycles. The van der Waals surface area contributed by atoms with Crippen LogP contribution in [0.4, 0.5) is 9.52 Å². The van der Waals surface area contributed by atoms with Gasteiger partial charge < -0.3 is 4.55 Å². The fourth-order valence-electron chi connectivity index (χ4n) is 3.25. The molecule has 2 aliphatic rings. The number of carbonyl (C=O) groups excluding carboxylic acids is 1. The number of amides is 1. The lowest BCUT2D eigenvalue weighted by Gasteiger charge is -2.12. The zero-order valence-electron chi connectivity index (χ0n) is 14.7. The lowest BCUT2D eigenvalue weighted by atomic mass is 9.99. The highest BCUT2D eigenvalue weighted by Gasteiger charge is 2.36. The number of thiazole rings is 1. The van der Waals surface area contributed by atoms with E-state index in [4.69, 9.17) is 0 Å². The van der Waals surface area contributed by atoms with Crippen molar-refractivity contribution in [1.29, 1.82) is 0 Å². The summed E-state index contributed by atoms with van der Waals surface area (Å²) in [6.45, 7) is 0. The van der Waals surface area contributed by atoms with Gasteiger partial charge in [-0.2, -0.15) is 4.39 Å². The molecule has 2 saturated carbocycles. The number of nitrogens with one attached hydrogen (secondary N) is 1. The Balaban J connectivity index is 1.57. The van der Waals surface area contributed by atoms with Crippen molar-refractivity contribution in [3.05, 3.63) is 41.3 Å². The van der Waals surface area contributed by atoms with E-state index in [1.165, 1.54) is 0 Å². The van der Waals surface area contributed by atoms with Crippen LogP contribution >= 0.6 is 11.3 Å². The molecular formula is C19H20FN3O2S2. The van der Waals surface area contributed by atoms with Crippen molar-refractivity contribution in [3.8, 4) is 0 Å². The number of carbonyl (C=O) groups is 1. The Morgan fingerprint density at radius 3 is 2.59 bits per heavy atom. The first-order valence-electron chi connectivity index (χ1n) is 9.11. The van der Waals surface area contributed by atoms with Gasteiger partial charge in [0.15, 0.2) is 10.3 Å². The number of nitrogens with zero attached hydrogens (tertiary/aromatic N) is 2. The summed E-state index contributed by atoms with van der Waals surface area (Å²) in [5, 5.41) is 3.24. The molecule has 1 N–H and O–H groups in total. The van der Waals surface area contributed by atoms with Crippen LogP contribution in [-0.2, 0) is 16.0 Å². The van der Waals surface area contributed by atoms with Crippen LogP contribution in [0.5, 0.6) is 0 Å². The molecule has 1 atom stereocenters. The summed E-state index contributed by atoms with van der Waals surface area (Å²) in [6, 6.07) is 3.54. The maximum atomic E-state index is 13.2. The van der Waals surface area contributed by atoms with Gasteiger partial charge in [0.05, 0.1) is 6.20 Å². The monoisotopic (exact) mass is 405 g/mol. The van der Waals surface area contributed by atoms with Gasteiger partial charge in [-0.15, -0.1) is 0 Å². The maximum absolute atomic E-state index is 13.2. The molecule has 2 heterocycles. The molecule has 0 aliphatic heterocycles. The summed E-state index contributed by atoms with van der Waals surface area (Å²) in [4.78, 5) is 21.0. The molecular weight excluding hydrogens is 385 g/mol. The first-order valence-corrected chi connectivity index (χ1v) is 11.1. The Labute approximate surface area is 164 Å². The minimum absolute atomic E-state index is 0.222. The third-order valence-electron chi connectivity index (χ3n) is 4.83. The van der Waals surface area contributed by atoms with Gasteiger partial charge in [-0.1, -0.05) is 30.3 Å². The summed E-state index contributed by atoms with van der Waals surface area (Å²) >= 11 is -0.275. The van der Waals surface area contributed by atoms with Crippen LogP contribution in [-0.4, -0.2) is 25.7 Å². The van der Waals surface area contributed by atoms with Crippen LogP contribution in [0.2, 0.25) is 0 Å². The standard InChI is InChI=1S/C19H20FN3O2S2/c20-16-11-22-19(26-16)23-18(24)15(9-12-3-1-2-4-12)13-5-8-17(21-10-13)27(25)14-6-7-14/h5,8-12,14H,1-4,6-7H2,(H,22,23,24)/b15-9+. The Kier molecular flexibility index (Phi) is 5.56. The van der Waals surface area contributed by atoms with Gasteiger partial charge in [0.2, 0.25) is 5.03 Å². The van der Waals surface area contributed by atoms with E-state index in [-0.39, 0.29) is 16.3 Å². The number of pyridine rings is 1. The zero-order chi connectivity index (χ0) is 18.8. The molecule has 2 aromatic heterocycles. The lowest BCUT2D eigenvalue weighted by Crippen LogP contribution is -2.15. The normalized spacial score (nSPS) is 19.3. The molecule has 0 spiro atoms. The number of anilines is 1. The van der Waals surface area contributed by atoms with Crippen LogP contribution in [0.15, 0.2) is 35.6 Å². The van der Waals surface area contributed by atoms with Crippen molar-refractivity contribution in [2.24, 2.45) is 5.92 Å². The van der Waals surface area contributed by atoms with Crippen molar-refractivity contribution in [3.63, 3.8) is 0 Å². The van der Waals surface area contributed by atoms with Gasteiger partial charge in [-0.05, 0) is 24.8 Å². The smallest absolute Gasteiger partial charge is 0.257 e. The van der Waals surface area contributed by atoms with E-state index >= 15 is 0 Å². The Morgan fingerprint density at radius 2 is 2.00 bits per heavy atom. The van der Waals surface area contributed by atoms with Crippen molar-refractivity contribution in [2.45, 2.75) is 48.8 Å². The van der Waals surface area contributed by atoms with Crippen LogP contribution < -0.4 is 5.32 Å². The predicted octanol–water partition coefficient (Wildman–Crippen LogP) is 4.16. The van der Waals surface area contributed by atoms with E-state index in [0.717, 1.165) is 56.1 Å². The van der Waals surface area contributed by atoms with Crippen molar-refractivity contribution < 1.29 is 13.7 Å². The van der Waals surface area contributed by atoms with E-state index in [0.29, 0.717) is 22.1 Å². The van der Waals surface area contributed by atoms with Gasteiger partial charge in [-0.25, -0.2) is 9.97 Å². The minimum atomic E-state index is -1.07. The maximum Gasteiger partial charge on any atom is 0.257 e. The molecule has 0 aromatic carbocycles. The first kappa shape index (κ1) is 18.6. The van der Waals surface area contributed by atoms with Crippen molar-refractivity contribution in [2.75, 3.05) is 5.32 Å². The second kappa shape index (κ2) is 8.08. The summed E-state index contributed by atoms with van der Waals surface area (Å²) in [5.74, 6) is 0.0215. The summed E-state index contributed by atoms with van der Waals surface area (Å²) < 4.78 is 25.4. The van der Waals surface area contributed by atoms with Gasteiger partial charge in [0.1, 0.15) is 5.25 Å². The molecule has 5 nitrogen and oxygen atoms in total. The highest BCUT2D eigenvalue weighted by Crippen LogP contribution is 2.33. The van der Waals surface area contributed by atoms with Gasteiger partial charge >= 0.3 is 0 Å². The van der Waals surface area contributed by atoms with Crippen molar-refractivity contribution >= 4 is 39.1 Å². The fraction of sp³-hybridized carbons (Fsp3) is 0.421. The SMILES string of the molecule is O=C(Nc1ncc(F)s1)/C(=C/C1CCCC1)c1ccc([S+]([O-])C2CC2)nc1. The second-order valence-corrected chi connectivity index (χ2v) is 9.59. The average molecular weight is 406 g/mol.